The highest BCUT2D eigenvalue weighted by atomic mass is 16.6. The first-order valence-electron chi connectivity index (χ1n) is 6.36. The van der Waals surface area contributed by atoms with E-state index >= 15 is 0 Å². The molecule has 0 saturated heterocycles. The molecule has 1 aliphatic rings. The van der Waals surface area contributed by atoms with Gasteiger partial charge in [-0.1, -0.05) is 0 Å². The number of hydrogen-bond donors (Lipinski definition) is 2. The first-order chi connectivity index (χ1) is 9.38. The Morgan fingerprint density at radius 2 is 2.20 bits per heavy atom. The third-order valence-corrected chi connectivity index (χ3v) is 3.61. The van der Waals surface area contributed by atoms with Crippen molar-refractivity contribution in [3.05, 3.63) is 33.9 Å². The Bertz CT molecular complexity index is 540. The smallest absolute Gasteiger partial charge is 0.293 e. The van der Waals surface area contributed by atoms with Crippen LogP contribution in [-0.2, 0) is 0 Å². The van der Waals surface area contributed by atoms with E-state index in [4.69, 9.17) is 5.73 Å². The molecule has 0 aliphatic heterocycles. The van der Waals surface area contributed by atoms with Crippen LogP contribution >= 0.6 is 0 Å². The number of benzene rings is 1. The number of nitro groups is 1. The van der Waals surface area contributed by atoms with Crippen LogP contribution in [0.3, 0.4) is 0 Å². The molecule has 0 atom stereocenters. The molecule has 20 heavy (non-hydrogen) atoms. The van der Waals surface area contributed by atoms with E-state index in [1.165, 1.54) is 18.2 Å². The van der Waals surface area contributed by atoms with Crippen LogP contribution in [0.4, 0.5) is 11.4 Å². The van der Waals surface area contributed by atoms with E-state index in [1.54, 1.807) is 11.9 Å². The first kappa shape index (κ1) is 14.3. The molecule has 2 rings (SSSR count). The maximum atomic E-state index is 11.1. The number of nitrogens with zero attached hydrogens (tertiary/aromatic N) is 2. The van der Waals surface area contributed by atoms with Crippen molar-refractivity contribution < 1.29 is 14.8 Å². The molecule has 1 fully saturated rings. The fourth-order valence-electron chi connectivity index (χ4n) is 2.48. The predicted octanol–water partition coefficient (Wildman–Crippen LogP) is 0.901. The van der Waals surface area contributed by atoms with Crippen LogP contribution < -0.4 is 10.6 Å². The van der Waals surface area contributed by atoms with Gasteiger partial charge >= 0.3 is 0 Å². The fourth-order valence-corrected chi connectivity index (χ4v) is 2.48. The normalized spacial score (nSPS) is 21.1. The number of anilines is 1. The summed E-state index contributed by atoms with van der Waals surface area (Å²) in [5.41, 5.74) is 5.56. The minimum Gasteiger partial charge on any atom is -0.393 e. The standard InChI is InChI=1S/C13H17N3O4/c1-15(7-8-4-10(17)5-8)11-3-2-9(13(14)18)6-12(11)16(19)20/h2-3,6,8,10,17H,4-5,7H2,1H3,(H2,14,18). The van der Waals surface area contributed by atoms with Crippen LogP contribution in [-0.4, -0.2) is 35.6 Å². The third-order valence-electron chi connectivity index (χ3n) is 3.61. The molecule has 0 heterocycles. The molecule has 0 radical (unpaired) electrons. The Kier molecular flexibility index (Phi) is 3.89. The van der Waals surface area contributed by atoms with Crippen LogP contribution in [0.15, 0.2) is 18.2 Å². The predicted molar refractivity (Wildman–Crippen MR) is 73.6 cm³/mol. The molecule has 7 nitrogen and oxygen atoms in total. The Morgan fingerprint density at radius 3 is 2.70 bits per heavy atom. The number of carbonyl (C=O) groups is 1. The van der Waals surface area contributed by atoms with Crippen LogP contribution in [0.1, 0.15) is 23.2 Å². The Hall–Kier alpha value is -2.15. The number of nitro benzene ring substituents is 1. The maximum absolute atomic E-state index is 11.1. The summed E-state index contributed by atoms with van der Waals surface area (Å²) < 4.78 is 0. The lowest BCUT2D eigenvalue weighted by Crippen LogP contribution is -2.37. The molecule has 0 bridgehead atoms. The average molecular weight is 279 g/mol. The van der Waals surface area contributed by atoms with Gasteiger partial charge < -0.3 is 15.7 Å². The van der Waals surface area contributed by atoms with E-state index in [0.29, 0.717) is 18.2 Å². The lowest BCUT2D eigenvalue weighted by atomic mass is 9.82. The van der Waals surface area contributed by atoms with Crippen LogP contribution in [0.25, 0.3) is 0 Å². The van der Waals surface area contributed by atoms with E-state index in [2.05, 4.69) is 0 Å². The van der Waals surface area contributed by atoms with E-state index in [-0.39, 0.29) is 17.4 Å². The molecule has 1 amide bonds. The van der Waals surface area contributed by atoms with Gasteiger partial charge in [0, 0.05) is 25.2 Å². The second kappa shape index (κ2) is 5.46. The number of rotatable bonds is 5. The lowest BCUT2D eigenvalue weighted by molar-refractivity contribution is -0.384. The molecule has 3 N–H and O–H groups in total. The van der Waals surface area contributed by atoms with Gasteiger partial charge in [-0.2, -0.15) is 0 Å². The minimum absolute atomic E-state index is 0.118. The molecule has 108 valence electrons. The summed E-state index contributed by atoms with van der Waals surface area (Å²) in [6.45, 7) is 0.633. The Morgan fingerprint density at radius 1 is 1.55 bits per heavy atom. The van der Waals surface area contributed by atoms with Crippen LogP contribution in [0.5, 0.6) is 0 Å². The molecule has 1 aromatic rings. The van der Waals surface area contributed by atoms with Crippen molar-refractivity contribution in [1.82, 2.24) is 0 Å². The summed E-state index contributed by atoms with van der Waals surface area (Å²) in [5, 5.41) is 20.4. The second-order valence-corrected chi connectivity index (χ2v) is 5.20. The molecule has 0 aromatic heterocycles. The highest BCUT2D eigenvalue weighted by molar-refractivity contribution is 5.94. The minimum atomic E-state index is -0.690. The topological polar surface area (TPSA) is 110 Å². The number of aliphatic hydroxyl groups is 1. The van der Waals surface area contributed by atoms with Crippen molar-refractivity contribution in [1.29, 1.82) is 0 Å². The summed E-state index contributed by atoms with van der Waals surface area (Å²) in [5.74, 6) is -0.352. The quantitative estimate of drug-likeness (QED) is 0.614. The maximum Gasteiger partial charge on any atom is 0.293 e. The van der Waals surface area contributed by atoms with E-state index in [9.17, 15) is 20.0 Å². The monoisotopic (exact) mass is 279 g/mol. The average Bonchev–Trinajstić information content (AvgIpc) is 2.35. The molecule has 0 spiro atoms. The van der Waals surface area contributed by atoms with Crippen LogP contribution in [0.2, 0.25) is 0 Å². The number of aliphatic hydroxyl groups excluding tert-OH is 1. The van der Waals surface area contributed by atoms with E-state index in [0.717, 1.165) is 12.8 Å². The number of carbonyl (C=O) groups excluding carboxylic acids is 1. The van der Waals surface area contributed by atoms with Crippen molar-refractivity contribution in [2.75, 3.05) is 18.5 Å². The van der Waals surface area contributed by atoms with Crippen molar-refractivity contribution >= 4 is 17.3 Å². The first-order valence-corrected chi connectivity index (χ1v) is 6.36. The molecule has 1 aromatic carbocycles. The van der Waals surface area contributed by atoms with Gasteiger partial charge in [0.05, 0.1) is 11.0 Å². The largest absolute Gasteiger partial charge is 0.393 e. The van der Waals surface area contributed by atoms with Gasteiger partial charge in [0.2, 0.25) is 5.91 Å². The van der Waals surface area contributed by atoms with Crippen molar-refractivity contribution in [2.45, 2.75) is 18.9 Å². The van der Waals surface area contributed by atoms with Gasteiger partial charge in [-0.05, 0) is 30.9 Å². The van der Waals surface area contributed by atoms with Crippen molar-refractivity contribution in [3.8, 4) is 0 Å². The molecule has 7 heteroatoms. The van der Waals surface area contributed by atoms with Crippen LogP contribution in [0, 0.1) is 16.0 Å². The molecular formula is C13H17N3O4. The van der Waals surface area contributed by atoms with Gasteiger partial charge in [0.15, 0.2) is 0 Å². The highest BCUT2D eigenvalue weighted by Gasteiger charge is 2.29. The summed E-state index contributed by atoms with van der Waals surface area (Å²) in [6.07, 6.45) is 1.19. The number of amides is 1. The molecule has 1 saturated carbocycles. The zero-order valence-electron chi connectivity index (χ0n) is 11.2. The zero-order chi connectivity index (χ0) is 14.9. The molecule has 0 unspecified atom stereocenters. The highest BCUT2D eigenvalue weighted by Crippen LogP contribution is 2.33. The van der Waals surface area contributed by atoms with Gasteiger partial charge in [-0.15, -0.1) is 0 Å². The molecule has 1 aliphatic carbocycles. The SMILES string of the molecule is CN(CC1CC(O)C1)c1ccc(C(N)=O)cc1[N+](=O)[O-]. The number of hydrogen-bond acceptors (Lipinski definition) is 5. The summed E-state index contributed by atoms with van der Waals surface area (Å²) in [6, 6.07) is 4.22. The Labute approximate surface area is 116 Å². The van der Waals surface area contributed by atoms with Gasteiger partial charge in [0.1, 0.15) is 5.69 Å². The van der Waals surface area contributed by atoms with Gasteiger partial charge in [-0.25, -0.2) is 0 Å². The zero-order valence-corrected chi connectivity index (χ0v) is 11.2. The van der Waals surface area contributed by atoms with E-state index in [1.807, 2.05) is 0 Å². The summed E-state index contributed by atoms with van der Waals surface area (Å²) in [7, 11) is 1.76. The van der Waals surface area contributed by atoms with Gasteiger partial charge in [-0.3, -0.25) is 14.9 Å². The van der Waals surface area contributed by atoms with Gasteiger partial charge in [0.25, 0.3) is 5.69 Å². The second-order valence-electron chi connectivity index (χ2n) is 5.20. The Balaban J connectivity index is 2.21. The lowest BCUT2D eigenvalue weighted by Gasteiger charge is -2.35. The van der Waals surface area contributed by atoms with Crippen molar-refractivity contribution in [3.63, 3.8) is 0 Å². The number of nitrogens with two attached hydrogens (primary N) is 1. The molecular weight excluding hydrogens is 262 g/mol. The fraction of sp³-hybridized carbons (Fsp3) is 0.462. The van der Waals surface area contributed by atoms with Crippen molar-refractivity contribution in [2.24, 2.45) is 11.7 Å². The van der Waals surface area contributed by atoms with E-state index < -0.39 is 10.8 Å². The summed E-state index contributed by atoms with van der Waals surface area (Å²) >= 11 is 0. The number of primary amides is 1. The third kappa shape index (κ3) is 2.88. The summed E-state index contributed by atoms with van der Waals surface area (Å²) in [4.78, 5) is 23.5.